The highest BCUT2D eigenvalue weighted by molar-refractivity contribution is 5.96. The molecule has 3 heterocycles. The van der Waals surface area contributed by atoms with Crippen LogP contribution in [0, 0.1) is 0 Å². The molecule has 6 nitrogen and oxygen atoms in total. The summed E-state index contributed by atoms with van der Waals surface area (Å²) in [6.07, 6.45) is 7.06. The molecule has 0 radical (unpaired) electrons. The van der Waals surface area contributed by atoms with Gasteiger partial charge in [0.25, 0.3) is 0 Å². The van der Waals surface area contributed by atoms with E-state index in [0.29, 0.717) is 11.6 Å². The SMILES string of the molecule is CC(C)(C)OC(=O)c1ccc(N2CCC(N3CCCC3)CC2)cc1NC1CCOCC1. The second-order valence-corrected chi connectivity index (χ2v) is 10.2. The van der Waals surface area contributed by atoms with E-state index in [4.69, 9.17) is 9.47 Å². The van der Waals surface area contributed by atoms with Crippen molar-refractivity contribution in [3.05, 3.63) is 23.8 Å². The van der Waals surface area contributed by atoms with Gasteiger partial charge >= 0.3 is 5.97 Å². The summed E-state index contributed by atoms with van der Waals surface area (Å²) in [6, 6.07) is 7.25. The molecule has 0 amide bonds. The predicted octanol–water partition coefficient (Wildman–Crippen LogP) is 4.30. The molecule has 3 saturated heterocycles. The van der Waals surface area contributed by atoms with Crippen LogP contribution in [-0.2, 0) is 9.47 Å². The molecule has 1 aromatic carbocycles. The van der Waals surface area contributed by atoms with E-state index in [9.17, 15) is 4.79 Å². The zero-order chi connectivity index (χ0) is 21.8. The summed E-state index contributed by atoms with van der Waals surface area (Å²) in [6.45, 7) is 12.0. The van der Waals surface area contributed by atoms with Crippen LogP contribution in [0.1, 0.15) is 69.7 Å². The molecule has 1 N–H and O–H groups in total. The topological polar surface area (TPSA) is 54.0 Å². The lowest BCUT2D eigenvalue weighted by Gasteiger charge is -2.38. The third-order valence-corrected chi connectivity index (χ3v) is 6.69. The fraction of sp³-hybridized carbons (Fsp3) is 0.720. The van der Waals surface area contributed by atoms with Gasteiger partial charge in [-0.05, 0) is 90.6 Å². The van der Waals surface area contributed by atoms with Gasteiger partial charge in [0.2, 0.25) is 0 Å². The molecule has 31 heavy (non-hydrogen) atoms. The molecular formula is C25H39N3O3. The Hall–Kier alpha value is -1.79. The summed E-state index contributed by atoms with van der Waals surface area (Å²) in [5.41, 5.74) is 2.20. The van der Waals surface area contributed by atoms with Gasteiger partial charge in [0.05, 0.1) is 11.3 Å². The number of nitrogens with zero attached hydrogens (tertiary/aromatic N) is 2. The van der Waals surface area contributed by atoms with E-state index in [-0.39, 0.29) is 5.97 Å². The minimum Gasteiger partial charge on any atom is -0.456 e. The molecule has 0 spiro atoms. The Morgan fingerprint density at radius 1 is 1.03 bits per heavy atom. The standard InChI is InChI=1S/C25H39N3O3/c1-25(2,3)31-24(29)22-7-6-21(18-23(22)26-19-10-16-30-17-11-19)28-14-8-20(9-15-28)27-12-4-5-13-27/h6-7,18-20,26H,4-5,8-17H2,1-3H3. The fourth-order valence-corrected chi connectivity index (χ4v) is 5.02. The van der Waals surface area contributed by atoms with Crippen molar-refractivity contribution in [1.82, 2.24) is 4.90 Å². The zero-order valence-corrected chi connectivity index (χ0v) is 19.5. The maximum Gasteiger partial charge on any atom is 0.340 e. The lowest BCUT2D eigenvalue weighted by atomic mass is 10.0. The van der Waals surface area contributed by atoms with Crippen molar-refractivity contribution in [2.75, 3.05) is 49.6 Å². The van der Waals surface area contributed by atoms with E-state index in [1.54, 1.807) is 0 Å². The molecule has 0 unspecified atom stereocenters. The van der Waals surface area contributed by atoms with Crippen molar-refractivity contribution >= 4 is 17.3 Å². The first kappa shape index (κ1) is 22.4. The second-order valence-electron chi connectivity index (χ2n) is 10.2. The van der Waals surface area contributed by atoms with Crippen LogP contribution in [0.4, 0.5) is 11.4 Å². The predicted molar refractivity (Wildman–Crippen MR) is 125 cm³/mol. The van der Waals surface area contributed by atoms with E-state index < -0.39 is 5.60 Å². The van der Waals surface area contributed by atoms with E-state index in [1.807, 2.05) is 26.8 Å². The van der Waals surface area contributed by atoms with Gasteiger partial charge in [-0.2, -0.15) is 0 Å². The number of benzene rings is 1. The number of carbonyl (C=O) groups is 1. The molecule has 0 bridgehead atoms. The third kappa shape index (κ3) is 5.92. The molecule has 3 aliphatic rings. The van der Waals surface area contributed by atoms with Crippen LogP contribution in [0.25, 0.3) is 0 Å². The van der Waals surface area contributed by atoms with Crippen molar-refractivity contribution in [3.63, 3.8) is 0 Å². The van der Waals surface area contributed by atoms with Gasteiger partial charge in [-0.25, -0.2) is 4.79 Å². The van der Waals surface area contributed by atoms with E-state index in [2.05, 4.69) is 27.2 Å². The highest BCUT2D eigenvalue weighted by Gasteiger charge is 2.28. The Balaban J connectivity index is 1.49. The van der Waals surface area contributed by atoms with Crippen LogP contribution in [0.5, 0.6) is 0 Å². The average molecular weight is 430 g/mol. The maximum atomic E-state index is 12.9. The van der Waals surface area contributed by atoms with E-state index in [1.165, 1.54) is 44.5 Å². The molecule has 1 aromatic rings. The molecular weight excluding hydrogens is 390 g/mol. The first-order valence-corrected chi connectivity index (χ1v) is 12.1. The lowest BCUT2D eigenvalue weighted by molar-refractivity contribution is 0.00706. The molecule has 0 aromatic heterocycles. The zero-order valence-electron chi connectivity index (χ0n) is 19.5. The van der Waals surface area contributed by atoms with Crippen molar-refractivity contribution in [3.8, 4) is 0 Å². The Kier molecular flexibility index (Phi) is 7.07. The Bertz CT molecular complexity index is 741. The molecule has 3 aliphatic heterocycles. The number of carbonyl (C=O) groups excluding carboxylic acids is 1. The number of ether oxygens (including phenoxy) is 2. The van der Waals surface area contributed by atoms with Crippen LogP contribution >= 0.6 is 0 Å². The number of likely N-dealkylation sites (tertiary alicyclic amines) is 1. The van der Waals surface area contributed by atoms with Crippen LogP contribution < -0.4 is 10.2 Å². The molecule has 6 heteroatoms. The van der Waals surface area contributed by atoms with Crippen LogP contribution in [0.15, 0.2) is 18.2 Å². The smallest absolute Gasteiger partial charge is 0.340 e. The molecule has 3 fully saturated rings. The second kappa shape index (κ2) is 9.78. The minimum absolute atomic E-state index is 0.263. The Morgan fingerprint density at radius 2 is 1.71 bits per heavy atom. The van der Waals surface area contributed by atoms with Gasteiger partial charge in [0, 0.05) is 44.1 Å². The van der Waals surface area contributed by atoms with Crippen molar-refractivity contribution in [2.24, 2.45) is 0 Å². The fourth-order valence-electron chi connectivity index (χ4n) is 5.02. The lowest BCUT2D eigenvalue weighted by Crippen LogP contribution is -2.43. The number of piperidine rings is 1. The first-order chi connectivity index (χ1) is 14.9. The monoisotopic (exact) mass is 429 g/mol. The first-order valence-electron chi connectivity index (χ1n) is 12.1. The molecule has 4 rings (SSSR count). The summed E-state index contributed by atoms with van der Waals surface area (Å²) in [7, 11) is 0. The molecule has 172 valence electrons. The van der Waals surface area contributed by atoms with Gasteiger partial charge in [-0.3, -0.25) is 0 Å². The van der Waals surface area contributed by atoms with Crippen molar-refractivity contribution < 1.29 is 14.3 Å². The largest absolute Gasteiger partial charge is 0.456 e. The third-order valence-electron chi connectivity index (χ3n) is 6.69. The normalized spacial score (nSPS) is 22.0. The number of hydrogen-bond donors (Lipinski definition) is 1. The Morgan fingerprint density at radius 3 is 2.35 bits per heavy atom. The highest BCUT2D eigenvalue weighted by Crippen LogP contribution is 2.30. The number of anilines is 2. The number of esters is 1. The van der Waals surface area contributed by atoms with Gasteiger partial charge in [-0.15, -0.1) is 0 Å². The molecule has 0 atom stereocenters. The average Bonchev–Trinajstić information content (AvgIpc) is 3.28. The summed E-state index contributed by atoms with van der Waals surface area (Å²) >= 11 is 0. The van der Waals surface area contributed by atoms with Gasteiger partial charge < -0.3 is 24.6 Å². The highest BCUT2D eigenvalue weighted by atomic mass is 16.6. The van der Waals surface area contributed by atoms with Gasteiger partial charge in [0.1, 0.15) is 5.60 Å². The number of nitrogens with one attached hydrogen (secondary N) is 1. The summed E-state index contributed by atoms with van der Waals surface area (Å²) in [5.74, 6) is -0.263. The van der Waals surface area contributed by atoms with Crippen LogP contribution in [0.3, 0.4) is 0 Å². The summed E-state index contributed by atoms with van der Waals surface area (Å²) in [5, 5.41) is 3.63. The van der Waals surface area contributed by atoms with Gasteiger partial charge in [-0.1, -0.05) is 0 Å². The molecule has 0 saturated carbocycles. The Labute approximate surface area is 187 Å². The van der Waals surface area contributed by atoms with Crippen molar-refractivity contribution in [1.29, 1.82) is 0 Å². The number of hydrogen-bond acceptors (Lipinski definition) is 6. The van der Waals surface area contributed by atoms with E-state index >= 15 is 0 Å². The van der Waals surface area contributed by atoms with Crippen molar-refractivity contribution in [2.45, 2.75) is 77.0 Å². The summed E-state index contributed by atoms with van der Waals surface area (Å²) in [4.78, 5) is 18.0. The minimum atomic E-state index is -0.511. The maximum absolute atomic E-state index is 12.9. The van der Waals surface area contributed by atoms with E-state index in [0.717, 1.165) is 50.9 Å². The quantitative estimate of drug-likeness (QED) is 0.705. The summed E-state index contributed by atoms with van der Waals surface area (Å²) < 4.78 is 11.2. The number of rotatable bonds is 5. The molecule has 0 aliphatic carbocycles. The van der Waals surface area contributed by atoms with Crippen LogP contribution in [-0.4, -0.2) is 67.9 Å². The van der Waals surface area contributed by atoms with Crippen LogP contribution in [0.2, 0.25) is 0 Å². The van der Waals surface area contributed by atoms with Gasteiger partial charge in [0.15, 0.2) is 0 Å².